The van der Waals surface area contributed by atoms with Crippen molar-refractivity contribution in [2.75, 3.05) is 0 Å². The quantitative estimate of drug-likeness (QED) is 0.519. The SMILES string of the molecule is FC(F)(F)c1cccc(C(=S)Cl)c1. The average molecular weight is 225 g/mol. The van der Waals surface area contributed by atoms with Crippen LogP contribution in [0.5, 0.6) is 0 Å². The zero-order chi connectivity index (χ0) is 10.1. The van der Waals surface area contributed by atoms with Gasteiger partial charge in [0.2, 0.25) is 0 Å². The van der Waals surface area contributed by atoms with Gasteiger partial charge in [0.25, 0.3) is 0 Å². The zero-order valence-electron chi connectivity index (χ0n) is 6.23. The Kier molecular flexibility index (Phi) is 2.93. The lowest BCUT2D eigenvalue weighted by molar-refractivity contribution is -0.137. The maximum atomic E-state index is 12.1. The zero-order valence-corrected chi connectivity index (χ0v) is 7.80. The van der Waals surface area contributed by atoms with Crippen molar-refractivity contribution in [3.05, 3.63) is 35.4 Å². The Morgan fingerprint density at radius 1 is 1.31 bits per heavy atom. The first-order chi connectivity index (χ1) is 5.91. The van der Waals surface area contributed by atoms with Gasteiger partial charge >= 0.3 is 6.18 Å². The first-order valence-electron chi connectivity index (χ1n) is 3.28. The molecule has 0 radical (unpaired) electrons. The fourth-order valence-electron chi connectivity index (χ4n) is 0.818. The maximum Gasteiger partial charge on any atom is 0.416 e. The summed E-state index contributed by atoms with van der Waals surface area (Å²) in [6.45, 7) is 0. The minimum absolute atomic E-state index is 0.0638. The molecule has 0 N–H and O–H groups in total. The standard InChI is InChI=1S/C8H4ClF3S/c9-7(13)5-2-1-3-6(4-5)8(10,11)12/h1-4H. The minimum atomic E-state index is -4.35. The molecule has 5 heteroatoms. The summed E-state index contributed by atoms with van der Waals surface area (Å²) in [7, 11) is 0. The number of benzene rings is 1. The fraction of sp³-hybridized carbons (Fsp3) is 0.125. The third-order valence-corrected chi connectivity index (χ3v) is 1.87. The van der Waals surface area contributed by atoms with Crippen LogP contribution in [0.2, 0.25) is 0 Å². The van der Waals surface area contributed by atoms with Gasteiger partial charge in [0, 0.05) is 5.56 Å². The van der Waals surface area contributed by atoms with E-state index in [2.05, 4.69) is 12.2 Å². The van der Waals surface area contributed by atoms with E-state index < -0.39 is 11.7 Å². The minimum Gasteiger partial charge on any atom is -0.166 e. The Bertz CT molecular complexity index is 332. The molecule has 70 valence electrons. The highest BCUT2D eigenvalue weighted by molar-refractivity contribution is 7.83. The van der Waals surface area contributed by atoms with E-state index in [-0.39, 0.29) is 9.89 Å². The summed E-state index contributed by atoms with van der Waals surface area (Å²) in [4.78, 5) is 0. The molecule has 0 aromatic heterocycles. The molecule has 0 saturated heterocycles. The Hall–Kier alpha value is -0.610. The highest BCUT2D eigenvalue weighted by Gasteiger charge is 2.30. The van der Waals surface area contributed by atoms with Gasteiger partial charge in [0.1, 0.15) is 4.32 Å². The molecule has 0 bridgehead atoms. The van der Waals surface area contributed by atoms with Crippen LogP contribution in [-0.4, -0.2) is 4.32 Å². The van der Waals surface area contributed by atoms with Crippen LogP contribution in [-0.2, 0) is 6.18 Å². The summed E-state index contributed by atoms with van der Waals surface area (Å²) in [5.74, 6) is 0. The van der Waals surface area contributed by atoms with Gasteiger partial charge in [-0.2, -0.15) is 13.2 Å². The molecule has 0 unspecified atom stereocenters. The molecule has 0 nitrogen and oxygen atoms in total. The topological polar surface area (TPSA) is 0 Å². The first-order valence-corrected chi connectivity index (χ1v) is 4.07. The summed E-state index contributed by atoms with van der Waals surface area (Å²) in [6, 6.07) is 4.60. The van der Waals surface area contributed by atoms with E-state index in [9.17, 15) is 13.2 Å². The van der Waals surface area contributed by atoms with Crippen LogP contribution in [0.1, 0.15) is 11.1 Å². The smallest absolute Gasteiger partial charge is 0.166 e. The number of hydrogen-bond donors (Lipinski definition) is 0. The van der Waals surface area contributed by atoms with E-state index >= 15 is 0 Å². The molecule has 0 aliphatic carbocycles. The van der Waals surface area contributed by atoms with Crippen molar-refractivity contribution in [2.45, 2.75) is 6.18 Å². The molecule has 0 aliphatic heterocycles. The summed E-state index contributed by atoms with van der Waals surface area (Å²) in [6.07, 6.45) is -4.35. The van der Waals surface area contributed by atoms with Gasteiger partial charge in [-0.15, -0.1) is 0 Å². The van der Waals surface area contributed by atoms with Crippen LogP contribution in [0.4, 0.5) is 13.2 Å². The van der Waals surface area contributed by atoms with Gasteiger partial charge in [0.05, 0.1) is 5.56 Å². The predicted molar refractivity (Wildman–Crippen MR) is 49.0 cm³/mol. The van der Waals surface area contributed by atoms with Crippen molar-refractivity contribution < 1.29 is 13.2 Å². The molecule has 0 heterocycles. The molecular weight excluding hydrogens is 221 g/mol. The van der Waals surface area contributed by atoms with Gasteiger partial charge in [-0.1, -0.05) is 36.0 Å². The second-order valence-electron chi connectivity index (χ2n) is 2.35. The third kappa shape index (κ3) is 2.67. The number of rotatable bonds is 1. The number of alkyl halides is 3. The lowest BCUT2D eigenvalue weighted by Crippen LogP contribution is -2.05. The molecule has 13 heavy (non-hydrogen) atoms. The normalized spacial score (nSPS) is 11.4. The van der Waals surface area contributed by atoms with Crippen LogP contribution in [0.3, 0.4) is 0 Å². The van der Waals surface area contributed by atoms with E-state index in [4.69, 9.17) is 11.6 Å². The number of thiocarbonyl (C=S) groups is 1. The van der Waals surface area contributed by atoms with E-state index in [1.165, 1.54) is 12.1 Å². The van der Waals surface area contributed by atoms with E-state index in [0.29, 0.717) is 0 Å². The van der Waals surface area contributed by atoms with Crippen LogP contribution in [0, 0.1) is 0 Å². The van der Waals surface area contributed by atoms with E-state index in [0.717, 1.165) is 12.1 Å². The first kappa shape index (κ1) is 10.5. The van der Waals surface area contributed by atoms with Crippen molar-refractivity contribution in [3.8, 4) is 0 Å². The molecule has 0 fully saturated rings. The Balaban J connectivity index is 3.13. The van der Waals surface area contributed by atoms with Gasteiger partial charge in [-0.05, 0) is 12.1 Å². The lowest BCUT2D eigenvalue weighted by Gasteiger charge is -2.06. The van der Waals surface area contributed by atoms with E-state index in [1.807, 2.05) is 0 Å². The van der Waals surface area contributed by atoms with Gasteiger partial charge < -0.3 is 0 Å². The summed E-state index contributed by atoms with van der Waals surface area (Å²) in [5.41, 5.74) is -0.528. The average Bonchev–Trinajstić information content (AvgIpc) is 2.03. The molecule has 1 aromatic carbocycles. The second kappa shape index (κ2) is 3.64. The van der Waals surface area contributed by atoms with Crippen molar-refractivity contribution in [1.29, 1.82) is 0 Å². The highest BCUT2D eigenvalue weighted by atomic mass is 35.5. The van der Waals surface area contributed by atoms with Gasteiger partial charge in [0.15, 0.2) is 0 Å². The van der Waals surface area contributed by atoms with Gasteiger partial charge in [-0.3, -0.25) is 0 Å². The van der Waals surface area contributed by atoms with Crippen LogP contribution < -0.4 is 0 Å². The van der Waals surface area contributed by atoms with Gasteiger partial charge in [-0.25, -0.2) is 0 Å². The second-order valence-corrected chi connectivity index (χ2v) is 3.36. The summed E-state index contributed by atoms with van der Waals surface area (Å²) in [5, 5.41) is 0. The fourth-order valence-corrected chi connectivity index (χ4v) is 1.06. The molecule has 0 aliphatic rings. The van der Waals surface area contributed by atoms with Crippen molar-refractivity contribution >= 4 is 28.1 Å². The molecular formula is C8H4ClF3S. The molecule has 0 spiro atoms. The van der Waals surface area contributed by atoms with Crippen molar-refractivity contribution in [1.82, 2.24) is 0 Å². The van der Waals surface area contributed by atoms with Crippen molar-refractivity contribution in [2.24, 2.45) is 0 Å². The molecule has 0 amide bonds. The van der Waals surface area contributed by atoms with Crippen LogP contribution in [0.25, 0.3) is 0 Å². The maximum absolute atomic E-state index is 12.1. The summed E-state index contributed by atoms with van der Waals surface area (Å²) >= 11 is 9.93. The number of halogens is 4. The van der Waals surface area contributed by atoms with Crippen LogP contribution >= 0.6 is 23.8 Å². The predicted octanol–water partition coefficient (Wildman–Crippen LogP) is 3.62. The lowest BCUT2D eigenvalue weighted by atomic mass is 10.1. The Labute approximate surface area is 83.3 Å². The highest BCUT2D eigenvalue weighted by Crippen LogP contribution is 2.29. The largest absolute Gasteiger partial charge is 0.416 e. The Morgan fingerprint density at radius 3 is 2.38 bits per heavy atom. The summed E-state index contributed by atoms with van der Waals surface area (Å²) < 4.78 is 36.4. The van der Waals surface area contributed by atoms with Crippen molar-refractivity contribution in [3.63, 3.8) is 0 Å². The molecule has 1 aromatic rings. The third-order valence-electron chi connectivity index (χ3n) is 1.42. The molecule has 1 rings (SSSR count). The Morgan fingerprint density at radius 2 is 1.92 bits per heavy atom. The van der Waals surface area contributed by atoms with Crippen LogP contribution in [0.15, 0.2) is 24.3 Å². The molecule has 0 saturated carbocycles. The molecule has 0 atom stereocenters. The van der Waals surface area contributed by atoms with E-state index in [1.54, 1.807) is 0 Å². The number of hydrogen-bond acceptors (Lipinski definition) is 1. The monoisotopic (exact) mass is 224 g/mol.